The van der Waals surface area contributed by atoms with Gasteiger partial charge in [0, 0.05) is 17.0 Å². The van der Waals surface area contributed by atoms with Crippen LogP contribution in [0.25, 0.3) is 15.5 Å². The van der Waals surface area contributed by atoms with E-state index in [2.05, 4.69) is 29.1 Å². The Balaban J connectivity index is 2.04. The van der Waals surface area contributed by atoms with Crippen molar-refractivity contribution in [3.63, 3.8) is 0 Å². The van der Waals surface area contributed by atoms with E-state index in [4.69, 9.17) is 11.6 Å². The van der Waals surface area contributed by atoms with Gasteiger partial charge in [0.05, 0.1) is 0 Å². The van der Waals surface area contributed by atoms with E-state index in [0.29, 0.717) is 10.9 Å². The Kier molecular flexibility index (Phi) is 3.24. The molecule has 3 rings (SSSR count). The molecule has 1 aromatic carbocycles. The smallest absolute Gasteiger partial charge is 0.187 e. The summed E-state index contributed by atoms with van der Waals surface area (Å²) in [6, 6.07) is 7.69. The fraction of sp³-hybridized carbons (Fsp3) is 0.308. The quantitative estimate of drug-likeness (QED) is 0.739. The van der Waals surface area contributed by atoms with E-state index >= 15 is 0 Å². The topological polar surface area (TPSA) is 43.1 Å². The van der Waals surface area contributed by atoms with Crippen molar-refractivity contribution in [2.75, 3.05) is 0 Å². The van der Waals surface area contributed by atoms with E-state index in [1.165, 1.54) is 11.3 Å². The molecule has 4 nitrogen and oxygen atoms in total. The Morgan fingerprint density at radius 1 is 1.32 bits per heavy atom. The van der Waals surface area contributed by atoms with Crippen molar-refractivity contribution in [1.82, 2.24) is 19.8 Å². The molecule has 0 bridgehead atoms. The van der Waals surface area contributed by atoms with Crippen molar-refractivity contribution in [2.24, 2.45) is 5.92 Å². The highest BCUT2D eigenvalue weighted by Gasteiger charge is 2.13. The lowest BCUT2D eigenvalue weighted by Gasteiger charge is -1.99. The van der Waals surface area contributed by atoms with E-state index < -0.39 is 0 Å². The summed E-state index contributed by atoms with van der Waals surface area (Å²) in [7, 11) is 0. The molecule has 0 atom stereocenters. The molecule has 0 spiro atoms. The average Bonchev–Trinajstić information content (AvgIpc) is 2.91. The van der Waals surface area contributed by atoms with E-state index in [0.717, 1.165) is 27.8 Å². The molecule has 98 valence electrons. The number of fused-ring (bicyclic) bond motifs is 1. The average molecular weight is 293 g/mol. The minimum Gasteiger partial charge on any atom is -0.187 e. The molecular formula is C13H13ClN4S. The maximum absolute atomic E-state index is 6.01. The SMILES string of the molecule is CC(C)Cc1nnc2sc(-c3cccc(Cl)c3)nn12. The standard InChI is InChI=1S/C13H13ClN4S/c1-8(2)6-11-15-16-13-18(11)17-12(19-13)9-4-3-5-10(14)7-9/h3-5,7-8H,6H2,1-2H3. The lowest BCUT2D eigenvalue weighted by atomic mass is 10.1. The fourth-order valence-electron chi connectivity index (χ4n) is 1.89. The van der Waals surface area contributed by atoms with Gasteiger partial charge in [-0.05, 0) is 18.1 Å². The highest BCUT2D eigenvalue weighted by Crippen LogP contribution is 2.27. The minimum absolute atomic E-state index is 0.531. The molecule has 0 unspecified atom stereocenters. The zero-order valence-corrected chi connectivity index (χ0v) is 12.2. The van der Waals surface area contributed by atoms with Gasteiger partial charge in [0.25, 0.3) is 0 Å². The molecule has 0 aliphatic heterocycles. The normalized spacial score (nSPS) is 11.6. The number of aromatic nitrogens is 4. The van der Waals surface area contributed by atoms with Crippen molar-refractivity contribution >= 4 is 27.9 Å². The van der Waals surface area contributed by atoms with E-state index in [1.54, 1.807) is 0 Å². The van der Waals surface area contributed by atoms with Gasteiger partial charge >= 0.3 is 0 Å². The Morgan fingerprint density at radius 3 is 2.89 bits per heavy atom. The van der Waals surface area contributed by atoms with Crippen LogP contribution in [-0.2, 0) is 6.42 Å². The summed E-state index contributed by atoms with van der Waals surface area (Å²) in [6.45, 7) is 4.32. The van der Waals surface area contributed by atoms with Gasteiger partial charge in [-0.2, -0.15) is 9.61 Å². The summed E-state index contributed by atoms with van der Waals surface area (Å²) < 4.78 is 1.83. The van der Waals surface area contributed by atoms with Crippen molar-refractivity contribution in [1.29, 1.82) is 0 Å². The van der Waals surface area contributed by atoms with Gasteiger partial charge in [-0.1, -0.05) is 48.9 Å². The molecule has 0 amide bonds. The first-order chi connectivity index (χ1) is 9.13. The first-order valence-corrected chi connectivity index (χ1v) is 7.30. The second kappa shape index (κ2) is 4.90. The molecule has 0 saturated carbocycles. The minimum atomic E-state index is 0.531. The van der Waals surface area contributed by atoms with E-state index in [9.17, 15) is 0 Å². The molecule has 0 aliphatic rings. The van der Waals surface area contributed by atoms with E-state index in [-0.39, 0.29) is 0 Å². The molecule has 0 fully saturated rings. The van der Waals surface area contributed by atoms with Crippen LogP contribution in [0.2, 0.25) is 5.02 Å². The lowest BCUT2D eigenvalue weighted by Crippen LogP contribution is -2.01. The van der Waals surface area contributed by atoms with Crippen LogP contribution >= 0.6 is 22.9 Å². The molecule has 3 aromatic rings. The summed E-state index contributed by atoms with van der Waals surface area (Å²) >= 11 is 7.54. The van der Waals surface area contributed by atoms with Gasteiger partial charge in [0.2, 0.25) is 4.96 Å². The Hall–Kier alpha value is -1.46. The summed E-state index contributed by atoms with van der Waals surface area (Å²) in [5, 5.41) is 14.6. The Morgan fingerprint density at radius 2 is 2.16 bits per heavy atom. The summed E-state index contributed by atoms with van der Waals surface area (Å²) in [5.74, 6) is 1.44. The summed E-state index contributed by atoms with van der Waals surface area (Å²) in [4.78, 5) is 0.825. The van der Waals surface area contributed by atoms with Crippen LogP contribution in [-0.4, -0.2) is 19.8 Å². The number of hydrogen-bond acceptors (Lipinski definition) is 4. The molecular weight excluding hydrogens is 280 g/mol. The first-order valence-electron chi connectivity index (χ1n) is 6.10. The van der Waals surface area contributed by atoms with Crippen LogP contribution < -0.4 is 0 Å². The maximum Gasteiger partial charge on any atom is 0.234 e. The van der Waals surface area contributed by atoms with Crippen LogP contribution in [0.5, 0.6) is 0 Å². The molecule has 2 aromatic heterocycles. The summed E-state index contributed by atoms with van der Waals surface area (Å²) in [5.41, 5.74) is 1.01. The predicted molar refractivity (Wildman–Crippen MR) is 77.6 cm³/mol. The lowest BCUT2D eigenvalue weighted by molar-refractivity contribution is 0.607. The second-order valence-electron chi connectivity index (χ2n) is 4.83. The van der Waals surface area contributed by atoms with Gasteiger partial charge in [0.15, 0.2) is 5.82 Å². The third kappa shape index (κ3) is 2.48. The Labute approximate surface area is 120 Å². The summed E-state index contributed by atoms with van der Waals surface area (Å²) in [6.07, 6.45) is 0.875. The van der Waals surface area contributed by atoms with Gasteiger partial charge in [-0.3, -0.25) is 0 Å². The van der Waals surface area contributed by atoms with Crippen LogP contribution in [0.15, 0.2) is 24.3 Å². The van der Waals surface area contributed by atoms with Crippen molar-refractivity contribution in [3.8, 4) is 10.6 Å². The van der Waals surface area contributed by atoms with Gasteiger partial charge in [0.1, 0.15) is 5.01 Å². The van der Waals surface area contributed by atoms with Crippen LogP contribution in [0.3, 0.4) is 0 Å². The van der Waals surface area contributed by atoms with Gasteiger partial charge in [-0.25, -0.2) is 0 Å². The number of halogens is 1. The monoisotopic (exact) mass is 292 g/mol. The molecule has 0 radical (unpaired) electrons. The third-order valence-corrected chi connectivity index (χ3v) is 3.90. The number of nitrogens with zero attached hydrogens (tertiary/aromatic N) is 4. The predicted octanol–water partition coefficient (Wildman–Crippen LogP) is 3.70. The maximum atomic E-state index is 6.01. The largest absolute Gasteiger partial charge is 0.234 e. The molecule has 19 heavy (non-hydrogen) atoms. The molecule has 0 aliphatic carbocycles. The van der Waals surface area contributed by atoms with E-state index in [1.807, 2.05) is 28.8 Å². The van der Waals surface area contributed by atoms with Crippen molar-refractivity contribution in [3.05, 3.63) is 35.1 Å². The second-order valence-corrected chi connectivity index (χ2v) is 6.22. The zero-order chi connectivity index (χ0) is 13.4. The van der Waals surface area contributed by atoms with Crippen LogP contribution in [0.1, 0.15) is 19.7 Å². The van der Waals surface area contributed by atoms with Crippen LogP contribution in [0.4, 0.5) is 0 Å². The Bertz CT molecular complexity index is 716. The number of rotatable bonds is 3. The highest BCUT2D eigenvalue weighted by atomic mass is 35.5. The molecule has 0 N–H and O–H groups in total. The molecule has 2 heterocycles. The van der Waals surface area contributed by atoms with Crippen molar-refractivity contribution in [2.45, 2.75) is 20.3 Å². The van der Waals surface area contributed by atoms with Gasteiger partial charge < -0.3 is 0 Å². The van der Waals surface area contributed by atoms with Crippen LogP contribution in [0, 0.1) is 5.92 Å². The third-order valence-electron chi connectivity index (χ3n) is 2.72. The molecule has 6 heteroatoms. The number of benzene rings is 1. The van der Waals surface area contributed by atoms with Crippen molar-refractivity contribution < 1.29 is 0 Å². The first kappa shape index (κ1) is 12.6. The fourth-order valence-corrected chi connectivity index (χ4v) is 2.93. The number of hydrogen-bond donors (Lipinski definition) is 0. The highest BCUT2D eigenvalue weighted by molar-refractivity contribution is 7.19. The molecule has 0 saturated heterocycles. The zero-order valence-electron chi connectivity index (χ0n) is 10.7. The van der Waals surface area contributed by atoms with Gasteiger partial charge in [-0.15, -0.1) is 10.2 Å².